The average Bonchev–Trinajstić information content (AvgIpc) is 2.04. The van der Waals surface area contributed by atoms with Crippen LogP contribution in [0.4, 0.5) is 0 Å². The average molecular weight is 151 g/mol. The molecule has 2 rings (SSSR count). The number of ether oxygens (including phenoxy) is 2. The molecule has 2 aliphatic rings. The first-order chi connectivity index (χ1) is 5.36. The van der Waals surface area contributed by atoms with Gasteiger partial charge >= 0.3 is 0 Å². The van der Waals surface area contributed by atoms with Crippen molar-refractivity contribution in [3.05, 3.63) is 29.6 Å². The van der Waals surface area contributed by atoms with Gasteiger partial charge in [-0.3, -0.25) is 0 Å². The number of allylic oxidation sites excluding steroid dienone is 2. The van der Waals surface area contributed by atoms with Gasteiger partial charge in [-0.25, -0.2) is 0 Å². The lowest BCUT2D eigenvalue weighted by atomic mass is 10.0. The predicted molar refractivity (Wildman–Crippen MR) is 41.6 cm³/mol. The molecule has 0 aromatic rings. The van der Waals surface area contributed by atoms with Gasteiger partial charge in [0.2, 0.25) is 0 Å². The van der Waals surface area contributed by atoms with Crippen LogP contribution in [0.15, 0.2) is 23.5 Å². The van der Waals surface area contributed by atoms with E-state index in [1.54, 1.807) is 0 Å². The summed E-state index contributed by atoms with van der Waals surface area (Å²) in [5, 5.41) is 0. The quantitative estimate of drug-likeness (QED) is 0.525. The summed E-state index contributed by atoms with van der Waals surface area (Å²) in [7, 11) is 0. The Labute approximate surface area is 66.5 Å². The Balaban J connectivity index is 2.15. The van der Waals surface area contributed by atoms with Crippen molar-refractivity contribution in [3.63, 3.8) is 0 Å². The lowest BCUT2D eigenvalue weighted by Crippen LogP contribution is -2.20. The maximum Gasteiger partial charge on any atom is 0.183 e. The molecule has 0 spiro atoms. The Kier molecular flexibility index (Phi) is 1.70. The van der Waals surface area contributed by atoms with Gasteiger partial charge in [0.25, 0.3) is 0 Å². The molecule has 1 saturated heterocycles. The van der Waals surface area contributed by atoms with E-state index in [2.05, 4.69) is 19.1 Å². The summed E-state index contributed by atoms with van der Waals surface area (Å²) in [5.74, 6) is 0.918. The molecule has 0 unspecified atom stereocenters. The zero-order chi connectivity index (χ0) is 7.68. The summed E-state index contributed by atoms with van der Waals surface area (Å²) >= 11 is 0. The van der Waals surface area contributed by atoms with Gasteiger partial charge in [-0.05, 0) is 25.5 Å². The van der Waals surface area contributed by atoms with Crippen LogP contribution in [-0.2, 0) is 9.47 Å². The molecule has 1 heterocycles. The number of hydrogen-bond acceptors (Lipinski definition) is 2. The van der Waals surface area contributed by atoms with E-state index in [9.17, 15) is 0 Å². The van der Waals surface area contributed by atoms with E-state index in [-0.39, 0.29) is 0 Å². The van der Waals surface area contributed by atoms with E-state index >= 15 is 0 Å². The van der Waals surface area contributed by atoms with Gasteiger partial charge in [-0.1, -0.05) is 5.57 Å². The number of rotatable bonds is 0. The van der Waals surface area contributed by atoms with Crippen molar-refractivity contribution < 1.29 is 9.47 Å². The largest absolute Gasteiger partial charge is 0.492 e. The van der Waals surface area contributed by atoms with Gasteiger partial charge in [0.1, 0.15) is 12.4 Å². The highest BCUT2D eigenvalue weighted by Gasteiger charge is 2.22. The van der Waals surface area contributed by atoms with Crippen molar-refractivity contribution >= 4 is 0 Å². The highest BCUT2D eigenvalue weighted by Crippen LogP contribution is 2.29. The first kappa shape index (κ1) is 6.92. The molecule has 59 valence electrons. The summed E-state index contributed by atoms with van der Waals surface area (Å²) in [6.07, 6.45) is 6.01. The Morgan fingerprint density at radius 2 is 2.09 bits per heavy atom. The molecule has 0 atom stereocenters. The van der Waals surface area contributed by atoms with Crippen LogP contribution >= 0.6 is 0 Å². The molecular weight excluding hydrogens is 140 g/mol. The zero-order valence-corrected chi connectivity index (χ0v) is 6.59. The van der Waals surface area contributed by atoms with Crippen LogP contribution < -0.4 is 0 Å². The molecule has 0 aromatic heterocycles. The third-order valence-corrected chi connectivity index (χ3v) is 1.83. The summed E-state index contributed by atoms with van der Waals surface area (Å²) in [6, 6.07) is 0. The van der Waals surface area contributed by atoms with Crippen molar-refractivity contribution in [2.45, 2.75) is 13.3 Å². The Hall–Kier alpha value is -0.760. The fourth-order valence-corrected chi connectivity index (χ4v) is 1.25. The van der Waals surface area contributed by atoms with Crippen LogP contribution in [0.3, 0.4) is 0 Å². The molecule has 0 N–H and O–H groups in total. The van der Waals surface area contributed by atoms with Crippen molar-refractivity contribution in [1.82, 2.24) is 0 Å². The minimum atomic E-state index is 0.677. The molecule has 1 radical (unpaired) electrons. The van der Waals surface area contributed by atoms with Crippen LogP contribution in [-0.4, -0.2) is 13.2 Å². The van der Waals surface area contributed by atoms with E-state index in [0.717, 1.165) is 18.3 Å². The second-order valence-electron chi connectivity index (χ2n) is 2.82. The second-order valence-corrected chi connectivity index (χ2v) is 2.82. The lowest BCUT2D eigenvalue weighted by molar-refractivity contribution is 0.0285. The third kappa shape index (κ3) is 1.31. The van der Waals surface area contributed by atoms with Crippen LogP contribution in [0, 0.1) is 6.10 Å². The van der Waals surface area contributed by atoms with Crippen LogP contribution in [0.5, 0.6) is 0 Å². The van der Waals surface area contributed by atoms with Gasteiger partial charge in [0.05, 0.1) is 6.61 Å². The van der Waals surface area contributed by atoms with E-state index in [4.69, 9.17) is 9.47 Å². The van der Waals surface area contributed by atoms with E-state index < -0.39 is 0 Å². The van der Waals surface area contributed by atoms with Crippen molar-refractivity contribution in [3.8, 4) is 0 Å². The smallest absolute Gasteiger partial charge is 0.183 e. The standard InChI is InChI=1S/C9H11O2/c1-7-2-3-8-9(6-7)11-5-4-10-8/h3,6H,2,4-5H2,1H3. The summed E-state index contributed by atoms with van der Waals surface area (Å²) in [5.41, 5.74) is 1.33. The van der Waals surface area contributed by atoms with Gasteiger partial charge in [0, 0.05) is 0 Å². The summed E-state index contributed by atoms with van der Waals surface area (Å²) < 4.78 is 10.8. The Morgan fingerprint density at radius 1 is 1.27 bits per heavy atom. The lowest BCUT2D eigenvalue weighted by Gasteiger charge is -2.26. The van der Waals surface area contributed by atoms with Crippen LogP contribution in [0.2, 0.25) is 0 Å². The summed E-state index contributed by atoms with van der Waals surface area (Å²) in [4.78, 5) is 0. The van der Waals surface area contributed by atoms with E-state index in [0.29, 0.717) is 13.2 Å². The molecule has 1 fully saturated rings. The zero-order valence-electron chi connectivity index (χ0n) is 6.59. The number of hydrogen-bond donors (Lipinski definition) is 0. The highest BCUT2D eigenvalue weighted by molar-refractivity contribution is 5.33. The van der Waals surface area contributed by atoms with Gasteiger partial charge < -0.3 is 9.47 Å². The molecular formula is C9H11O2. The SMILES string of the molecule is CC1=C[C]2OCCOC2=CC1. The minimum absolute atomic E-state index is 0.677. The third-order valence-electron chi connectivity index (χ3n) is 1.83. The van der Waals surface area contributed by atoms with E-state index in [1.165, 1.54) is 5.57 Å². The molecule has 0 aromatic carbocycles. The monoisotopic (exact) mass is 151 g/mol. The van der Waals surface area contributed by atoms with Crippen LogP contribution in [0.25, 0.3) is 0 Å². The van der Waals surface area contributed by atoms with Crippen molar-refractivity contribution in [2.24, 2.45) is 0 Å². The molecule has 2 heteroatoms. The molecule has 11 heavy (non-hydrogen) atoms. The molecule has 1 aliphatic heterocycles. The van der Waals surface area contributed by atoms with Crippen molar-refractivity contribution in [2.75, 3.05) is 13.2 Å². The van der Waals surface area contributed by atoms with Gasteiger partial charge in [-0.2, -0.15) is 0 Å². The fraction of sp³-hybridized carbons (Fsp3) is 0.444. The van der Waals surface area contributed by atoms with Crippen molar-refractivity contribution in [1.29, 1.82) is 0 Å². The maximum absolute atomic E-state index is 5.40. The van der Waals surface area contributed by atoms with Gasteiger partial charge in [-0.15, -0.1) is 0 Å². The normalized spacial score (nSPS) is 24.8. The van der Waals surface area contributed by atoms with Gasteiger partial charge in [0.15, 0.2) is 6.10 Å². The first-order valence-electron chi connectivity index (χ1n) is 3.86. The topological polar surface area (TPSA) is 18.5 Å². The number of fused-ring (bicyclic) bond motifs is 1. The van der Waals surface area contributed by atoms with Crippen LogP contribution in [0.1, 0.15) is 13.3 Å². The van der Waals surface area contributed by atoms with E-state index in [1.807, 2.05) is 0 Å². The second kappa shape index (κ2) is 2.70. The maximum atomic E-state index is 5.40. The molecule has 0 saturated carbocycles. The molecule has 0 amide bonds. The predicted octanol–water partition coefficient (Wildman–Crippen LogP) is 1.80. The molecule has 0 bridgehead atoms. The summed E-state index contributed by atoms with van der Waals surface area (Å²) in [6.45, 7) is 3.46. The molecule has 2 nitrogen and oxygen atoms in total. The highest BCUT2D eigenvalue weighted by atomic mass is 16.6. The first-order valence-corrected chi connectivity index (χ1v) is 3.86. The fourth-order valence-electron chi connectivity index (χ4n) is 1.25. The minimum Gasteiger partial charge on any atom is -0.492 e. The Bertz CT molecular complexity index is 216. The molecule has 1 aliphatic carbocycles. The Morgan fingerprint density at radius 3 is 3.00 bits per heavy atom.